The van der Waals surface area contributed by atoms with Crippen molar-refractivity contribution in [3.63, 3.8) is 0 Å². The van der Waals surface area contributed by atoms with Crippen molar-refractivity contribution in [1.82, 2.24) is 24.5 Å². The van der Waals surface area contributed by atoms with E-state index >= 15 is 0 Å². The molecular weight excluding hydrogens is 1500 g/mol. The second-order valence-corrected chi connectivity index (χ2v) is 33.5. The van der Waals surface area contributed by atoms with E-state index in [1.54, 1.807) is 57.2 Å². The zero-order chi connectivity index (χ0) is 70.7. The molecule has 5 saturated heterocycles. The van der Waals surface area contributed by atoms with Gasteiger partial charge in [0.2, 0.25) is 5.91 Å². The standard InChI is InChI=1S/C22H29N3O2S.C17H22N2O2S.C17H20N2O2S.C16H19BrN2OS.C5H3BrOS/c1-27-21-7-3-2-6-20(21)24-14-12-23(13-15-24)16-18-9-10-19(28-18)17-25-11-5-4-8-22(25)26;2*1-21-17-5-3-2-4-16(17)19-10-8-18(9-11-19)12-14-6-7-15(13-20)22-14;1-20-15-5-3-2-4-14(15)19-10-8-18(9-11-19)12-13-6-7-16(17)21-13;6-5-2-1-4(3-7)8-5/h2-3,6-7,9-10H,4-5,8,11-17H2,1H3;2-7,20H,8-13H2,1H3;2-7,13H,8-12H2,1H3;2-7H,8-12H2,1H3;1-3H. The van der Waals surface area contributed by atoms with Gasteiger partial charge in [-0.25, -0.2) is 0 Å². The summed E-state index contributed by atoms with van der Waals surface area (Å²) >= 11 is 15.2. The number of carbonyl (C=O) groups is 3. The van der Waals surface area contributed by atoms with Crippen LogP contribution in [0.15, 0.2) is 165 Å². The number of anilines is 4. The predicted octanol–water partition coefficient (Wildman–Crippen LogP) is 15.2. The largest absolute Gasteiger partial charge is 0.495 e. The van der Waals surface area contributed by atoms with Crippen LogP contribution in [0.3, 0.4) is 0 Å². The van der Waals surface area contributed by atoms with Crippen LogP contribution in [-0.2, 0) is 44.1 Å². The Balaban J connectivity index is 0.000000141. The molecular formula is C77H93Br2N9O8S5. The van der Waals surface area contributed by atoms with Gasteiger partial charge in [0.15, 0.2) is 12.6 Å². The molecule has 5 aromatic heterocycles. The molecule has 0 radical (unpaired) electrons. The number of nitrogens with zero attached hydrogens (tertiary/aromatic N) is 9. The lowest BCUT2D eigenvalue weighted by Crippen LogP contribution is -2.45. The van der Waals surface area contributed by atoms with Gasteiger partial charge in [0.1, 0.15) is 23.0 Å². The summed E-state index contributed by atoms with van der Waals surface area (Å²) in [6.07, 6.45) is 4.67. The SMILES string of the molecule is COc1ccccc1N1CCN(Cc2ccc(Br)s2)CC1.COc1ccccc1N1CCN(Cc2ccc(C=O)s2)CC1.COc1ccccc1N1CCN(Cc2ccc(CN3CCCCC3=O)s2)CC1.COc1ccccc1N1CCN(Cc2ccc(CO)s2)CC1.O=Cc1ccc(Br)s1. The molecule has 17 nitrogen and oxygen atoms in total. The maximum absolute atomic E-state index is 12.0. The number of methoxy groups -OCH3 is 4. The van der Waals surface area contributed by atoms with Crippen LogP contribution >= 0.6 is 88.5 Å². The highest BCUT2D eigenvalue weighted by Crippen LogP contribution is 2.34. The van der Waals surface area contributed by atoms with Gasteiger partial charge in [-0.2, -0.15) is 0 Å². The number of piperazine rings is 4. The van der Waals surface area contributed by atoms with Gasteiger partial charge >= 0.3 is 0 Å². The molecule has 5 fully saturated rings. The summed E-state index contributed by atoms with van der Waals surface area (Å²) in [4.78, 5) is 63.7. The Morgan fingerprint density at radius 2 is 0.663 bits per heavy atom. The Bertz CT molecular complexity index is 3960. The number of benzene rings is 4. The van der Waals surface area contributed by atoms with Crippen molar-refractivity contribution >= 4 is 130 Å². The van der Waals surface area contributed by atoms with Crippen molar-refractivity contribution in [2.24, 2.45) is 0 Å². The lowest BCUT2D eigenvalue weighted by atomic mass is 10.1. The van der Waals surface area contributed by atoms with E-state index in [-0.39, 0.29) is 6.61 Å². The fraction of sp³-hybridized carbons (Fsp3) is 0.390. The van der Waals surface area contributed by atoms with Crippen LogP contribution in [0.5, 0.6) is 23.0 Å². The summed E-state index contributed by atoms with van der Waals surface area (Å²) in [7, 11) is 6.92. The number of aliphatic hydroxyl groups excluding tert-OH is 1. The number of hydrogen-bond donors (Lipinski definition) is 1. The van der Waals surface area contributed by atoms with Gasteiger partial charge in [-0.1, -0.05) is 48.5 Å². The van der Waals surface area contributed by atoms with Gasteiger partial charge in [0, 0.05) is 173 Å². The number of aliphatic hydroxyl groups is 1. The first kappa shape index (κ1) is 77.0. The number of hydrogen-bond acceptors (Lipinski definition) is 21. The lowest BCUT2D eigenvalue weighted by Gasteiger charge is -2.36. The molecule has 14 rings (SSSR count). The zero-order valence-corrected chi connectivity index (χ0v) is 65.4. The molecule has 4 aromatic carbocycles. The molecule has 1 N–H and O–H groups in total. The fourth-order valence-corrected chi connectivity index (χ4v) is 18.4. The first-order chi connectivity index (χ1) is 49.4. The van der Waals surface area contributed by atoms with Gasteiger partial charge in [-0.3, -0.25) is 34.0 Å². The number of thiophene rings is 5. The van der Waals surface area contributed by atoms with Crippen LogP contribution < -0.4 is 38.5 Å². The maximum atomic E-state index is 12.0. The van der Waals surface area contributed by atoms with Crippen LogP contribution in [0.25, 0.3) is 0 Å². The molecule has 0 spiro atoms. The highest BCUT2D eigenvalue weighted by Gasteiger charge is 2.26. The maximum Gasteiger partial charge on any atom is 0.222 e. The Kier molecular flexibility index (Phi) is 30.8. The van der Waals surface area contributed by atoms with Crippen LogP contribution in [0.2, 0.25) is 0 Å². The van der Waals surface area contributed by atoms with Crippen LogP contribution in [0.4, 0.5) is 22.7 Å². The summed E-state index contributed by atoms with van der Waals surface area (Å²) in [5.74, 6) is 4.11. The minimum atomic E-state index is 0.145. The molecule has 0 saturated carbocycles. The lowest BCUT2D eigenvalue weighted by molar-refractivity contribution is -0.133. The summed E-state index contributed by atoms with van der Waals surface area (Å²) in [6, 6.07) is 53.4. The number of piperidine rings is 1. The molecule has 101 heavy (non-hydrogen) atoms. The van der Waals surface area contributed by atoms with Crippen LogP contribution in [0.1, 0.15) is 67.9 Å². The predicted molar refractivity (Wildman–Crippen MR) is 425 cm³/mol. The zero-order valence-electron chi connectivity index (χ0n) is 58.2. The van der Waals surface area contributed by atoms with Crippen molar-refractivity contribution in [2.45, 2.75) is 58.6 Å². The van der Waals surface area contributed by atoms with Crippen molar-refractivity contribution in [3.8, 4) is 23.0 Å². The smallest absolute Gasteiger partial charge is 0.222 e. The molecule has 0 aliphatic carbocycles. The highest BCUT2D eigenvalue weighted by molar-refractivity contribution is 9.11. The third kappa shape index (κ3) is 23.2. The number of ether oxygens (including phenoxy) is 4. The number of amides is 1. The number of rotatable bonds is 21. The highest BCUT2D eigenvalue weighted by atomic mass is 79.9. The van der Waals surface area contributed by atoms with E-state index in [0.29, 0.717) is 12.3 Å². The fourth-order valence-electron chi connectivity index (χ4n) is 12.8. The van der Waals surface area contributed by atoms with Crippen LogP contribution in [0, 0.1) is 0 Å². The summed E-state index contributed by atoms with van der Waals surface area (Å²) in [5, 5.41) is 9.15. The van der Waals surface area contributed by atoms with E-state index in [2.05, 4.69) is 156 Å². The van der Waals surface area contributed by atoms with Gasteiger partial charge in [0.05, 0.1) is 81.7 Å². The molecule has 0 atom stereocenters. The average Bonchev–Trinajstić information content (AvgIpc) is 1.07. The van der Waals surface area contributed by atoms with E-state index in [1.807, 2.05) is 94.3 Å². The molecule has 538 valence electrons. The summed E-state index contributed by atoms with van der Waals surface area (Å²) in [5.41, 5.74) is 4.75. The second-order valence-electron chi connectivity index (χ2n) is 24.8. The quantitative estimate of drug-likeness (QED) is 0.0682. The number of aldehydes is 2. The van der Waals surface area contributed by atoms with E-state index in [9.17, 15) is 14.4 Å². The minimum absolute atomic E-state index is 0.145. The molecule has 1 amide bonds. The first-order valence-corrected chi connectivity index (χ1v) is 40.0. The second kappa shape index (κ2) is 40.4. The first-order valence-electron chi connectivity index (χ1n) is 34.4. The third-order valence-electron chi connectivity index (χ3n) is 18.2. The number of para-hydroxylation sites is 8. The van der Waals surface area contributed by atoms with E-state index in [0.717, 1.165) is 211 Å². The van der Waals surface area contributed by atoms with Crippen molar-refractivity contribution in [2.75, 3.05) is 159 Å². The van der Waals surface area contributed by atoms with Crippen molar-refractivity contribution < 1.29 is 38.4 Å². The Labute approximate surface area is 632 Å². The van der Waals surface area contributed by atoms with E-state index in [1.165, 1.54) is 62.3 Å². The van der Waals surface area contributed by atoms with Gasteiger partial charge in [-0.05, 0) is 154 Å². The van der Waals surface area contributed by atoms with E-state index in [4.69, 9.17) is 24.1 Å². The van der Waals surface area contributed by atoms with Gasteiger partial charge in [-0.15, -0.1) is 56.7 Å². The normalized spacial score (nSPS) is 16.1. The topological polar surface area (TPSA) is 138 Å². The Morgan fingerprint density at radius 1 is 0.356 bits per heavy atom. The summed E-state index contributed by atoms with van der Waals surface area (Å²) < 4.78 is 24.1. The van der Waals surface area contributed by atoms with Crippen molar-refractivity contribution in [1.29, 1.82) is 0 Å². The Morgan fingerprint density at radius 3 is 0.980 bits per heavy atom. The van der Waals surface area contributed by atoms with Gasteiger partial charge < -0.3 is 48.6 Å². The average molecular weight is 1590 g/mol. The molecule has 5 aliphatic heterocycles. The van der Waals surface area contributed by atoms with Gasteiger partial charge in [0.25, 0.3) is 0 Å². The number of likely N-dealkylation sites (tertiary alicyclic amines) is 1. The number of halogens is 2. The third-order valence-corrected chi connectivity index (χ3v) is 24.5. The number of carbonyl (C=O) groups excluding carboxylic acids is 3. The van der Waals surface area contributed by atoms with Crippen molar-refractivity contribution in [3.05, 3.63) is 204 Å². The van der Waals surface area contributed by atoms with Crippen LogP contribution in [-0.4, -0.2) is 188 Å². The molecule has 0 bridgehead atoms. The summed E-state index contributed by atoms with van der Waals surface area (Å²) in [6.45, 7) is 22.4. The minimum Gasteiger partial charge on any atom is -0.495 e. The van der Waals surface area contributed by atoms with E-state index < -0.39 is 0 Å². The molecule has 0 unspecified atom stereocenters. The molecule has 24 heteroatoms. The molecule has 9 aromatic rings. The molecule has 10 heterocycles. The Hall–Kier alpha value is -6.65. The monoisotopic (exact) mass is 1590 g/mol. The molecule has 5 aliphatic rings.